The van der Waals surface area contributed by atoms with E-state index in [1.165, 1.54) is 0 Å². The summed E-state index contributed by atoms with van der Waals surface area (Å²) in [5.74, 6) is 0.115. The predicted octanol–water partition coefficient (Wildman–Crippen LogP) is 2.52. The molecule has 25 heavy (non-hydrogen) atoms. The molecule has 2 aliphatic rings. The smallest absolute Gasteiger partial charge is 0.242 e. The number of amides is 1. The van der Waals surface area contributed by atoms with E-state index >= 15 is 0 Å². The standard InChI is InChI=1S/C19H25N3O3/c1-13-10-21(11-14(2)25-13)18(23)12-22-16(17-6-4-8-24-17)9-15-5-3-7-20-19(15)22/h3,5,7,9,13-14,17H,4,6,8,10-12H2,1-2H3/t13-,14-,17+/m1/s1. The molecule has 4 heterocycles. The lowest BCUT2D eigenvalue weighted by Crippen LogP contribution is -2.49. The summed E-state index contributed by atoms with van der Waals surface area (Å²) in [7, 11) is 0. The van der Waals surface area contributed by atoms with Gasteiger partial charge in [-0.15, -0.1) is 0 Å². The summed E-state index contributed by atoms with van der Waals surface area (Å²) in [6.45, 7) is 6.40. The summed E-state index contributed by atoms with van der Waals surface area (Å²) >= 11 is 0. The van der Waals surface area contributed by atoms with Gasteiger partial charge in [0.15, 0.2) is 0 Å². The lowest BCUT2D eigenvalue weighted by Gasteiger charge is -2.35. The normalized spacial score (nSPS) is 27.1. The van der Waals surface area contributed by atoms with Gasteiger partial charge in [0, 0.05) is 37.0 Å². The van der Waals surface area contributed by atoms with E-state index in [0.29, 0.717) is 19.6 Å². The Morgan fingerprint density at radius 2 is 2.12 bits per heavy atom. The zero-order chi connectivity index (χ0) is 17.4. The van der Waals surface area contributed by atoms with Crippen molar-refractivity contribution < 1.29 is 14.3 Å². The summed E-state index contributed by atoms with van der Waals surface area (Å²) in [5.41, 5.74) is 1.92. The van der Waals surface area contributed by atoms with Crippen LogP contribution in [0.1, 0.15) is 38.5 Å². The van der Waals surface area contributed by atoms with E-state index < -0.39 is 0 Å². The molecule has 2 saturated heterocycles. The first-order valence-corrected chi connectivity index (χ1v) is 9.11. The molecule has 2 fully saturated rings. The first-order valence-electron chi connectivity index (χ1n) is 9.11. The van der Waals surface area contributed by atoms with Crippen LogP contribution in [0, 0.1) is 0 Å². The van der Waals surface area contributed by atoms with E-state index in [0.717, 1.165) is 36.2 Å². The molecule has 2 aromatic heterocycles. The number of carbonyl (C=O) groups is 1. The summed E-state index contributed by atoms with van der Waals surface area (Å²) in [6, 6.07) is 6.09. The molecule has 0 aromatic carbocycles. The Bertz CT molecular complexity index is 756. The third-order valence-corrected chi connectivity index (χ3v) is 5.01. The molecule has 3 atom stereocenters. The van der Waals surface area contributed by atoms with Gasteiger partial charge in [0.05, 0.1) is 18.3 Å². The average Bonchev–Trinajstić information content (AvgIpc) is 3.22. The van der Waals surface area contributed by atoms with Crippen LogP contribution in [-0.2, 0) is 20.8 Å². The molecule has 2 aromatic rings. The van der Waals surface area contributed by atoms with Crippen LogP contribution in [0.4, 0.5) is 0 Å². The molecule has 0 aliphatic carbocycles. The van der Waals surface area contributed by atoms with Gasteiger partial charge in [0.2, 0.25) is 5.91 Å². The number of carbonyl (C=O) groups excluding carboxylic acids is 1. The second kappa shape index (κ2) is 6.77. The van der Waals surface area contributed by atoms with Crippen molar-refractivity contribution >= 4 is 16.9 Å². The van der Waals surface area contributed by atoms with Gasteiger partial charge in [-0.25, -0.2) is 4.98 Å². The van der Waals surface area contributed by atoms with E-state index in [2.05, 4.69) is 11.1 Å². The van der Waals surface area contributed by atoms with Crippen LogP contribution in [0.2, 0.25) is 0 Å². The summed E-state index contributed by atoms with van der Waals surface area (Å²) < 4.78 is 13.7. The maximum Gasteiger partial charge on any atom is 0.242 e. The number of hydrogen-bond donors (Lipinski definition) is 0. The van der Waals surface area contributed by atoms with Crippen molar-refractivity contribution in [3.63, 3.8) is 0 Å². The summed E-state index contributed by atoms with van der Waals surface area (Å²) in [4.78, 5) is 19.4. The number of nitrogens with zero attached hydrogens (tertiary/aromatic N) is 3. The molecule has 0 N–H and O–H groups in total. The molecule has 0 unspecified atom stereocenters. The van der Waals surface area contributed by atoms with Crippen molar-refractivity contribution in [2.24, 2.45) is 0 Å². The van der Waals surface area contributed by atoms with E-state index in [4.69, 9.17) is 9.47 Å². The molecule has 6 heteroatoms. The Balaban J connectivity index is 1.63. The predicted molar refractivity (Wildman–Crippen MR) is 94.2 cm³/mol. The number of fused-ring (bicyclic) bond motifs is 1. The molecule has 6 nitrogen and oxygen atoms in total. The molecule has 0 bridgehead atoms. The Hall–Kier alpha value is -1.92. The van der Waals surface area contributed by atoms with Gasteiger partial charge < -0.3 is 18.9 Å². The van der Waals surface area contributed by atoms with Gasteiger partial charge in [-0.05, 0) is 44.9 Å². The third-order valence-electron chi connectivity index (χ3n) is 5.01. The average molecular weight is 343 g/mol. The van der Waals surface area contributed by atoms with E-state index in [9.17, 15) is 4.79 Å². The molecular formula is C19H25N3O3. The number of pyridine rings is 1. The first kappa shape index (κ1) is 16.5. The maximum atomic E-state index is 12.9. The van der Waals surface area contributed by atoms with Gasteiger partial charge in [-0.2, -0.15) is 0 Å². The van der Waals surface area contributed by atoms with Crippen LogP contribution < -0.4 is 0 Å². The van der Waals surface area contributed by atoms with Crippen molar-refractivity contribution in [2.45, 2.75) is 51.5 Å². The van der Waals surface area contributed by atoms with Gasteiger partial charge in [0.1, 0.15) is 12.2 Å². The minimum atomic E-state index is 0.0598. The van der Waals surface area contributed by atoms with Gasteiger partial charge in [-0.3, -0.25) is 4.79 Å². The van der Waals surface area contributed by atoms with Crippen molar-refractivity contribution in [2.75, 3.05) is 19.7 Å². The number of morpholine rings is 1. The summed E-state index contributed by atoms with van der Waals surface area (Å²) in [5, 5.41) is 1.06. The fourth-order valence-electron chi connectivity index (χ4n) is 3.97. The van der Waals surface area contributed by atoms with Crippen LogP contribution in [0.15, 0.2) is 24.4 Å². The second-order valence-corrected chi connectivity index (χ2v) is 7.13. The highest BCUT2D eigenvalue weighted by Gasteiger charge is 2.28. The minimum absolute atomic E-state index is 0.0598. The molecule has 0 radical (unpaired) electrons. The molecule has 1 amide bonds. The summed E-state index contributed by atoms with van der Waals surface area (Å²) in [6.07, 6.45) is 4.04. The van der Waals surface area contributed by atoms with E-state index in [1.807, 2.05) is 35.4 Å². The largest absolute Gasteiger partial charge is 0.372 e. The Labute approximate surface area is 147 Å². The van der Waals surface area contributed by atoms with Crippen molar-refractivity contribution in [3.8, 4) is 0 Å². The topological polar surface area (TPSA) is 56.6 Å². The number of ether oxygens (including phenoxy) is 2. The SMILES string of the molecule is C[C@@H]1CN(C(=O)Cn2c([C@@H]3CCCO3)cc3cccnc32)C[C@@H](C)O1. The lowest BCUT2D eigenvalue weighted by atomic mass is 10.1. The van der Waals surface area contributed by atoms with Gasteiger partial charge in [0.25, 0.3) is 0 Å². The van der Waals surface area contributed by atoms with Crippen molar-refractivity contribution in [1.82, 2.24) is 14.5 Å². The highest BCUT2D eigenvalue weighted by molar-refractivity contribution is 5.82. The number of aromatic nitrogens is 2. The quantitative estimate of drug-likeness (QED) is 0.859. The van der Waals surface area contributed by atoms with E-state index in [-0.39, 0.29) is 24.2 Å². The van der Waals surface area contributed by atoms with Crippen LogP contribution in [0.3, 0.4) is 0 Å². The molecular weight excluding hydrogens is 318 g/mol. The molecule has 0 spiro atoms. The molecule has 4 rings (SSSR count). The highest BCUT2D eigenvalue weighted by atomic mass is 16.5. The molecule has 2 aliphatic heterocycles. The van der Waals surface area contributed by atoms with Crippen LogP contribution in [0.5, 0.6) is 0 Å². The first-order chi connectivity index (χ1) is 12.1. The Morgan fingerprint density at radius 1 is 1.32 bits per heavy atom. The van der Waals surface area contributed by atoms with Crippen molar-refractivity contribution in [1.29, 1.82) is 0 Å². The fourth-order valence-corrected chi connectivity index (χ4v) is 3.97. The van der Waals surface area contributed by atoms with Crippen LogP contribution >= 0.6 is 0 Å². The molecule has 134 valence electrons. The Morgan fingerprint density at radius 3 is 2.84 bits per heavy atom. The number of rotatable bonds is 3. The van der Waals surface area contributed by atoms with Crippen LogP contribution in [-0.4, -0.2) is 52.3 Å². The minimum Gasteiger partial charge on any atom is -0.372 e. The zero-order valence-electron chi connectivity index (χ0n) is 14.9. The van der Waals surface area contributed by atoms with Gasteiger partial charge >= 0.3 is 0 Å². The Kier molecular flexibility index (Phi) is 4.48. The zero-order valence-corrected chi connectivity index (χ0v) is 14.9. The second-order valence-electron chi connectivity index (χ2n) is 7.13. The van der Waals surface area contributed by atoms with E-state index in [1.54, 1.807) is 6.20 Å². The maximum absolute atomic E-state index is 12.9. The fraction of sp³-hybridized carbons (Fsp3) is 0.579. The highest BCUT2D eigenvalue weighted by Crippen LogP contribution is 2.32. The van der Waals surface area contributed by atoms with Gasteiger partial charge in [-0.1, -0.05) is 0 Å². The van der Waals surface area contributed by atoms with Crippen LogP contribution in [0.25, 0.3) is 11.0 Å². The monoisotopic (exact) mass is 343 g/mol. The molecule has 0 saturated carbocycles. The third kappa shape index (κ3) is 3.28. The van der Waals surface area contributed by atoms with Crippen molar-refractivity contribution in [3.05, 3.63) is 30.1 Å². The lowest BCUT2D eigenvalue weighted by molar-refractivity contribution is -0.143. The number of hydrogen-bond acceptors (Lipinski definition) is 4.